The lowest BCUT2D eigenvalue weighted by Crippen LogP contribution is -2.23. The van der Waals surface area contributed by atoms with Crippen LogP contribution in [0.2, 0.25) is 0 Å². The second kappa shape index (κ2) is 7.24. The van der Waals surface area contributed by atoms with Gasteiger partial charge in [-0.15, -0.1) is 0 Å². The Kier molecular flexibility index (Phi) is 4.42. The summed E-state index contributed by atoms with van der Waals surface area (Å²) >= 11 is 0. The summed E-state index contributed by atoms with van der Waals surface area (Å²) in [6.07, 6.45) is 4.61. The van der Waals surface area contributed by atoms with Crippen LogP contribution in [0.5, 0.6) is 11.5 Å². The zero-order chi connectivity index (χ0) is 19.8. The largest absolute Gasteiger partial charge is 0.490 e. The Morgan fingerprint density at radius 1 is 1.07 bits per heavy atom. The summed E-state index contributed by atoms with van der Waals surface area (Å²) in [6, 6.07) is 13.2. The third kappa shape index (κ3) is 3.12. The van der Waals surface area contributed by atoms with Crippen molar-refractivity contribution in [3.8, 4) is 11.5 Å². The predicted molar refractivity (Wildman–Crippen MR) is 110 cm³/mol. The Morgan fingerprint density at radius 3 is 2.79 bits per heavy atom. The number of anilines is 1. The number of hydrogen-bond acceptors (Lipinski definition) is 6. The molecule has 2 aliphatic rings. The number of aromatic nitrogens is 1. The highest BCUT2D eigenvalue weighted by molar-refractivity contribution is 5.97. The van der Waals surface area contributed by atoms with Gasteiger partial charge in [0.1, 0.15) is 5.52 Å². The van der Waals surface area contributed by atoms with E-state index in [1.54, 1.807) is 24.4 Å². The lowest BCUT2D eigenvalue weighted by Gasteiger charge is -2.28. The van der Waals surface area contributed by atoms with E-state index in [0.29, 0.717) is 24.1 Å². The van der Waals surface area contributed by atoms with E-state index in [-0.39, 0.29) is 16.7 Å². The summed E-state index contributed by atoms with van der Waals surface area (Å²) in [4.78, 5) is 17.9. The maximum atomic E-state index is 11.4. The third-order valence-corrected chi connectivity index (χ3v) is 5.64. The van der Waals surface area contributed by atoms with Crippen LogP contribution < -0.4 is 14.4 Å². The number of nitro benzene ring substituents is 1. The van der Waals surface area contributed by atoms with E-state index in [0.717, 1.165) is 48.6 Å². The average molecular weight is 391 g/mol. The van der Waals surface area contributed by atoms with Crippen molar-refractivity contribution in [1.82, 2.24) is 4.98 Å². The summed E-state index contributed by atoms with van der Waals surface area (Å²) < 4.78 is 11.6. The molecule has 1 fully saturated rings. The number of ether oxygens (including phenoxy) is 2. The van der Waals surface area contributed by atoms with Gasteiger partial charge in [0.2, 0.25) is 0 Å². The first kappa shape index (κ1) is 17.7. The first-order valence-electron chi connectivity index (χ1n) is 9.91. The van der Waals surface area contributed by atoms with E-state index in [4.69, 9.17) is 9.47 Å². The van der Waals surface area contributed by atoms with Crippen molar-refractivity contribution in [3.05, 3.63) is 64.3 Å². The SMILES string of the molecule is O=[N+]([O-])c1ccc(N2CCCC2c2ccc3c(c2)OCCCO3)c2ncccc12. The fourth-order valence-electron chi connectivity index (χ4n) is 4.32. The highest BCUT2D eigenvalue weighted by Crippen LogP contribution is 2.42. The van der Waals surface area contributed by atoms with Gasteiger partial charge in [0, 0.05) is 25.2 Å². The predicted octanol–water partition coefficient (Wildman–Crippen LogP) is 4.65. The molecule has 5 rings (SSSR count). The lowest BCUT2D eigenvalue weighted by atomic mass is 10.0. The standard InChI is InChI=1S/C22H21N3O4/c26-25(27)18-7-8-19(22-16(18)4-1-10-23-22)24-11-2-5-17(24)15-6-9-20-21(14-15)29-13-3-12-28-20/h1,4,6-10,14,17H,2-3,5,11-13H2. The van der Waals surface area contributed by atoms with Gasteiger partial charge < -0.3 is 14.4 Å². The summed E-state index contributed by atoms with van der Waals surface area (Å²) in [5.41, 5.74) is 2.85. The highest BCUT2D eigenvalue weighted by Gasteiger charge is 2.30. The molecule has 1 unspecified atom stereocenters. The molecule has 2 aliphatic heterocycles. The molecule has 0 radical (unpaired) electrons. The molecule has 3 aromatic rings. The molecule has 29 heavy (non-hydrogen) atoms. The Bertz CT molecular complexity index is 1080. The number of non-ortho nitro benzene ring substituents is 1. The van der Waals surface area contributed by atoms with Crippen molar-refractivity contribution < 1.29 is 14.4 Å². The second-order valence-electron chi connectivity index (χ2n) is 7.37. The molecule has 0 spiro atoms. The Morgan fingerprint density at radius 2 is 1.93 bits per heavy atom. The smallest absolute Gasteiger partial charge is 0.278 e. The van der Waals surface area contributed by atoms with Gasteiger partial charge in [-0.25, -0.2) is 0 Å². The van der Waals surface area contributed by atoms with E-state index in [2.05, 4.69) is 22.0 Å². The number of nitrogens with zero attached hydrogens (tertiary/aromatic N) is 3. The van der Waals surface area contributed by atoms with Crippen molar-refractivity contribution in [2.24, 2.45) is 0 Å². The molecule has 7 heteroatoms. The monoisotopic (exact) mass is 391 g/mol. The minimum atomic E-state index is -0.348. The molecular weight excluding hydrogens is 370 g/mol. The second-order valence-corrected chi connectivity index (χ2v) is 7.37. The van der Waals surface area contributed by atoms with Crippen molar-refractivity contribution in [1.29, 1.82) is 0 Å². The molecule has 2 aromatic carbocycles. The van der Waals surface area contributed by atoms with Crippen LogP contribution in [0, 0.1) is 10.1 Å². The first-order chi connectivity index (χ1) is 14.2. The first-order valence-corrected chi connectivity index (χ1v) is 9.91. The van der Waals surface area contributed by atoms with Crippen molar-refractivity contribution >= 4 is 22.3 Å². The summed E-state index contributed by atoms with van der Waals surface area (Å²) in [5, 5.41) is 12.0. The quantitative estimate of drug-likeness (QED) is 0.478. The van der Waals surface area contributed by atoms with Gasteiger partial charge in [0.25, 0.3) is 5.69 Å². The van der Waals surface area contributed by atoms with Crippen LogP contribution in [-0.2, 0) is 0 Å². The number of nitro groups is 1. The lowest BCUT2D eigenvalue weighted by molar-refractivity contribution is -0.383. The third-order valence-electron chi connectivity index (χ3n) is 5.64. The Labute approximate surface area is 168 Å². The molecule has 3 heterocycles. The van der Waals surface area contributed by atoms with Crippen LogP contribution in [0.1, 0.15) is 30.9 Å². The van der Waals surface area contributed by atoms with E-state index in [1.807, 2.05) is 12.1 Å². The van der Waals surface area contributed by atoms with Gasteiger partial charge in [-0.3, -0.25) is 15.1 Å². The average Bonchev–Trinajstić information content (AvgIpc) is 3.11. The van der Waals surface area contributed by atoms with Crippen LogP contribution in [0.4, 0.5) is 11.4 Å². The Hall–Kier alpha value is -3.35. The van der Waals surface area contributed by atoms with Crippen LogP contribution in [0.15, 0.2) is 48.7 Å². The van der Waals surface area contributed by atoms with Gasteiger partial charge in [-0.1, -0.05) is 6.07 Å². The minimum Gasteiger partial charge on any atom is -0.490 e. The van der Waals surface area contributed by atoms with Crippen LogP contribution in [-0.4, -0.2) is 29.7 Å². The fraction of sp³-hybridized carbons (Fsp3) is 0.318. The molecule has 0 aliphatic carbocycles. The van der Waals surface area contributed by atoms with E-state index >= 15 is 0 Å². The van der Waals surface area contributed by atoms with E-state index in [1.165, 1.54) is 0 Å². The molecule has 0 bridgehead atoms. The topological polar surface area (TPSA) is 77.7 Å². The van der Waals surface area contributed by atoms with Crippen LogP contribution in [0.3, 0.4) is 0 Å². The normalized spacial score (nSPS) is 18.6. The maximum Gasteiger partial charge on any atom is 0.278 e. The van der Waals surface area contributed by atoms with E-state index in [9.17, 15) is 10.1 Å². The van der Waals surface area contributed by atoms with E-state index < -0.39 is 0 Å². The van der Waals surface area contributed by atoms with Gasteiger partial charge in [0.05, 0.1) is 35.3 Å². The number of hydrogen-bond donors (Lipinski definition) is 0. The zero-order valence-electron chi connectivity index (χ0n) is 15.9. The van der Waals surface area contributed by atoms with Crippen molar-refractivity contribution in [2.45, 2.75) is 25.3 Å². The highest BCUT2D eigenvalue weighted by atomic mass is 16.6. The zero-order valence-corrected chi connectivity index (χ0v) is 15.9. The number of benzene rings is 2. The maximum absolute atomic E-state index is 11.4. The molecule has 1 saturated heterocycles. The molecule has 7 nitrogen and oxygen atoms in total. The minimum absolute atomic E-state index is 0.0863. The molecule has 0 N–H and O–H groups in total. The van der Waals surface area contributed by atoms with Crippen molar-refractivity contribution in [2.75, 3.05) is 24.7 Å². The molecule has 0 saturated carbocycles. The summed E-state index contributed by atoms with van der Waals surface area (Å²) in [6.45, 7) is 2.20. The number of pyridine rings is 1. The molecular formula is C22H21N3O4. The van der Waals surface area contributed by atoms with Gasteiger partial charge in [-0.05, 0) is 48.7 Å². The van der Waals surface area contributed by atoms with Crippen LogP contribution in [0.25, 0.3) is 10.9 Å². The van der Waals surface area contributed by atoms with Gasteiger partial charge >= 0.3 is 0 Å². The fourth-order valence-corrected chi connectivity index (χ4v) is 4.32. The molecule has 148 valence electrons. The molecule has 1 atom stereocenters. The number of fused-ring (bicyclic) bond motifs is 2. The molecule has 0 amide bonds. The van der Waals surface area contributed by atoms with Gasteiger partial charge in [0.15, 0.2) is 11.5 Å². The summed E-state index contributed by atoms with van der Waals surface area (Å²) in [7, 11) is 0. The Balaban J connectivity index is 1.56. The molecule has 1 aromatic heterocycles. The van der Waals surface area contributed by atoms with Crippen LogP contribution >= 0.6 is 0 Å². The van der Waals surface area contributed by atoms with Crippen molar-refractivity contribution in [3.63, 3.8) is 0 Å². The summed E-state index contributed by atoms with van der Waals surface area (Å²) in [5.74, 6) is 1.58. The van der Waals surface area contributed by atoms with Gasteiger partial charge in [-0.2, -0.15) is 0 Å². The number of rotatable bonds is 3.